The number of carbonyl (C=O) groups is 2. The quantitative estimate of drug-likeness (QED) is 0.809. The van der Waals surface area contributed by atoms with Crippen LogP contribution in [0.2, 0.25) is 0 Å². The van der Waals surface area contributed by atoms with Crippen molar-refractivity contribution >= 4 is 11.8 Å². The second-order valence-electron chi connectivity index (χ2n) is 7.82. The molecule has 0 atom stereocenters. The fourth-order valence-corrected chi connectivity index (χ4v) is 4.05. The second kappa shape index (κ2) is 9.11. The number of hydrogen-bond donors (Lipinski definition) is 1. The van der Waals surface area contributed by atoms with Crippen LogP contribution in [0, 0.1) is 5.92 Å². The topological polar surface area (TPSA) is 84.7 Å². The molecule has 0 unspecified atom stereocenters. The summed E-state index contributed by atoms with van der Waals surface area (Å²) >= 11 is 0. The normalized spacial score (nSPS) is 18.0. The summed E-state index contributed by atoms with van der Waals surface area (Å²) in [4.78, 5) is 31.0. The van der Waals surface area contributed by atoms with E-state index in [-0.39, 0.29) is 23.8 Å². The lowest BCUT2D eigenvalue weighted by Crippen LogP contribution is -2.42. The summed E-state index contributed by atoms with van der Waals surface area (Å²) in [5, 5.41) is 3.02. The van der Waals surface area contributed by atoms with Crippen molar-refractivity contribution in [1.82, 2.24) is 15.2 Å². The molecule has 2 amide bonds. The standard InChI is InChI=1S/C22H27N3O4/c26-21(17-6-10-25(11-7-17)22(27)18-8-12-28-15-18)24-14-16-5-9-23-20(13-16)29-19-3-1-2-4-19/h5,8-9,12-13,15,17,19H,1-4,6-7,10-11,14H2,(H,24,26). The number of ether oxygens (including phenoxy) is 1. The van der Waals surface area contributed by atoms with Gasteiger partial charge < -0.3 is 19.4 Å². The predicted molar refractivity (Wildman–Crippen MR) is 106 cm³/mol. The summed E-state index contributed by atoms with van der Waals surface area (Å²) in [5.41, 5.74) is 1.54. The third kappa shape index (κ3) is 4.96. The third-order valence-electron chi connectivity index (χ3n) is 5.78. The fraction of sp³-hybridized carbons (Fsp3) is 0.500. The molecule has 0 radical (unpaired) electrons. The molecule has 1 saturated carbocycles. The molecule has 0 bridgehead atoms. The molecule has 7 heteroatoms. The van der Waals surface area contributed by atoms with Crippen molar-refractivity contribution in [2.24, 2.45) is 5.92 Å². The predicted octanol–water partition coefficient (Wildman–Crippen LogP) is 3.16. The molecule has 1 aliphatic carbocycles. The van der Waals surface area contributed by atoms with E-state index in [0.717, 1.165) is 18.4 Å². The summed E-state index contributed by atoms with van der Waals surface area (Å²) in [5.74, 6) is 0.564. The maximum atomic E-state index is 12.6. The average Bonchev–Trinajstić information content (AvgIpc) is 3.46. The van der Waals surface area contributed by atoms with Crippen LogP contribution in [-0.2, 0) is 11.3 Å². The van der Waals surface area contributed by atoms with Crippen molar-refractivity contribution < 1.29 is 18.7 Å². The molecule has 154 valence electrons. The molecule has 29 heavy (non-hydrogen) atoms. The van der Waals surface area contributed by atoms with E-state index in [4.69, 9.17) is 9.15 Å². The molecule has 3 heterocycles. The van der Waals surface area contributed by atoms with Crippen LogP contribution in [-0.4, -0.2) is 40.9 Å². The van der Waals surface area contributed by atoms with E-state index in [2.05, 4.69) is 10.3 Å². The molecule has 1 N–H and O–H groups in total. The van der Waals surface area contributed by atoms with Crippen molar-refractivity contribution in [1.29, 1.82) is 0 Å². The number of aromatic nitrogens is 1. The van der Waals surface area contributed by atoms with Gasteiger partial charge in [-0.05, 0) is 56.2 Å². The molecule has 0 aromatic carbocycles. The Balaban J connectivity index is 1.23. The van der Waals surface area contributed by atoms with Crippen LogP contribution in [0.5, 0.6) is 5.88 Å². The average molecular weight is 397 g/mol. The van der Waals surface area contributed by atoms with Gasteiger partial charge in [-0.25, -0.2) is 4.98 Å². The van der Waals surface area contributed by atoms with Gasteiger partial charge in [0.2, 0.25) is 11.8 Å². The number of piperidine rings is 1. The molecule has 7 nitrogen and oxygen atoms in total. The Kier molecular flexibility index (Phi) is 6.12. The first-order valence-corrected chi connectivity index (χ1v) is 10.4. The third-order valence-corrected chi connectivity index (χ3v) is 5.78. The lowest BCUT2D eigenvalue weighted by Gasteiger charge is -2.31. The zero-order valence-corrected chi connectivity index (χ0v) is 16.5. The Morgan fingerprint density at radius 1 is 1.17 bits per heavy atom. The van der Waals surface area contributed by atoms with Crippen molar-refractivity contribution in [3.8, 4) is 5.88 Å². The molecule has 1 saturated heterocycles. The van der Waals surface area contributed by atoms with Crippen molar-refractivity contribution in [2.45, 2.75) is 51.2 Å². The smallest absolute Gasteiger partial charge is 0.257 e. The Bertz CT molecular complexity index is 822. The number of pyridine rings is 1. The molecule has 4 rings (SSSR count). The minimum Gasteiger partial charge on any atom is -0.474 e. The molecule has 0 spiro atoms. The van der Waals surface area contributed by atoms with Gasteiger partial charge in [-0.3, -0.25) is 9.59 Å². The number of nitrogens with one attached hydrogen (secondary N) is 1. The van der Waals surface area contributed by atoms with Gasteiger partial charge in [0.15, 0.2) is 0 Å². The number of carbonyl (C=O) groups excluding carboxylic acids is 2. The van der Waals surface area contributed by atoms with Crippen LogP contribution < -0.4 is 10.1 Å². The molecule has 2 aromatic heterocycles. The molecular weight excluding hydrogens is 370 g/mol. The van der Waals surface area contributed by atoms with Gasteiger partial charge in [0.1, 0.15) is 12.4 Å². The lowest BCUT2D eigenvalue weighted by atomic mass is 9.95. The van der Waals surface area contributed by atoms with Crippen molar-refractivity contribution in [3.63, 3.8) is 0 Å². The monoisotopic (exact) mass is 397 g/mol. The summed E-state index contributed by atoms with van der Waals surface area (Å²) < 4.78 is 10.9. The van der Waals surface area contributed by atoms with Crippen molar-refractivity contribution in [3.05, 3.63) is 48.0 Å². The first-order chi connectivity index (χ1) is 14.2. The Morgan fingerprint density at radius 3 is 2.69 bits per heavy atom. The Labute approximate surface area is 170 Å². The number of nitrogens with zero attached hydrogens (tertiary/aromatic N) is 2. The highest BCUT2D eigenvalue weighted by Gasteiger charge is 2.28. The zero-order valence-electron chi connectivity index (χ0n) is 16.5. The minimum atomic E-state index is -0.0700. The van der Waals surface area contributed by atoms with E-state index in [0.29, 0.717) is 43.9 Å². The fourth-order valence-electron chi connectivity index (χ4n) is 4.05. The van der Waals surface area contributed by atoms with E-state index in [1.54, 1.807) is 17.2 Å². The van der Waals surface area contributed by atoms with Crippen LogP contribution in [0.4, 0.5) is 0 Å². The zero-order chi connectivity index (χ0) is 20.1. The number of furan rings is 1. The van der Waals surface area contributed by atoms with Crippen LogP contribution in [0.25, 0.3) is 0 Å². The minimum absolute atomic E-state index is 0.0375. The van der Waals surface area contributed by atoms with Gasteiger partial charge in [-0.1, -0.05) is 0 Å². The van der Waals surface area contributed by atoms with Gasteiger partial charge in [0, 0.05) is 37.8 Å². The molecule has 2 fully saturated rings. The van der Waals surface area contributed by atoms with E-state index in [1.807, 2.05) is 12.1 Å². The molecule has 2 aromatic rings. The summed E-state index contributed by atoms with van der Waals surface area (Å²) in [7, 11) is 0. The number of hydrogen-bond acceptors (Lipinski definition) is 5. The molecular formula is C22H27N3O4. The van der Waals surface area contributed by atoms with Gasteiger partial charge in [-0.15, -0.1) is 0 Å². The summed E-state index contributed by atoms with van der Waals surface area (Å²) in [6.07, 6.45) is 10.9. The van der Waals surface area contributed by atoms with Crippen LogP contribution in [0.1, 0.15) is 54.4 Å². The highest BCUT2D eigenvalue weighted by atomic mass is 16.5. The highest BCUT2D eigenvalue weighted by Crippen LogP contribution is 2.23. The van der Waals surface area contributed by atoms with Crippen LogP contribution in [0.15, 0.2) is 41.3 Å². The lowest BCUT2D eigenvalue weighted by molar-refractivity contribution is -0.126. The maximum Gasteiger partial charge on any atom is 0.257 e. The largest absolute Gasteiger partial charge is 0.474 e. The van der Waals surface area contributed by atoms with Gasteiger partial charge in [0.05, 0.1) is 11.8 Å². The highest BCUT2D eigenvalue weighted by molar-refractivity contribution is 5.94. The van der Waals surface area contributed by atoms with Crippen LogP contribution >= 0.6 is 0 Å². The van der Waals surface area contributed by atoms with Crippen LogP contribution in [0.3, 0.4) is 0 Å². The summed E-state index contributed by atoms with van der Waals surface area (Å²) in [6.45, 7) is 1.62. The summed E-state index contributed by atoms with van der Waals surface area (Å²) in [6, 6.07) is 5.47. The number of likely N-dealkylation sites (tertiary alicyclic amines) is 1. The number of amides is 2. The molecule has 2 aliphatic rings. The maximum absolute atomic E-state index is 12.6. The Hall–Kier alpha value is -2.83. The van der Waals surface area contributed by atoms with Gasteiger partial charge >= 0.3 is 0 Å². The Morgan fingerprint density at radius 2 is 1.97 bits per heavy atom. The van der Waals surface area contributed by atoms with Gasteiger partial charge in [0.25, 0.3) is 5.91 Å². The first kappa shape index (κ1) is 19.5. The first-order valence-electron chi connectivity index (χ1n) is 10.4. The van der Waals surface area contributed by atoms with Crippen molar-refractivity contribution in [2.75, 3.05) is 13.1 Å². The van der Waals surface area contributed by atoms with E-state index in [9.17, 15) is 9.59 Å². The number of rotatable bonds is 6. The SMILES string of the molecule is O=C(NCc1ccnc(OC2CCCC2)c1)C1CCN(C(=O)c2ccoc2)CC1. The van der Waals surface area contributed by atoms with E-state index in [1.165, 1.54) is 25.4 Å². The second-order valence-corrected chi connectivity index (χ2v) is 7.82. The molecule has 1 aliphatic heterocycles. The van der Waals surface area contributed by atoms with Gasteiger partial charge in [-0.2, -0.15) is 0 Å². The van der Waals surface area contributed by atoms with E-state index >= 15 is 0 Å². The van der Waals surface area contributed by atoms with E-state index < -0.39 is 0 Å².